The highest BCUT2D eigenvalue weighted by Crippen LogP contribution is 2.35. The average Bonchev–Trinajstić information content (AvgIpc) is 3.23. The fourth-order valence-corrected chi connectivity index (χ4v) is 3.75. The van der Waals surface area contributed by atoms with E-state index in [2.05, 4.69) is 21.7 Å². The third kappa shape index (κ3) is 4.48. The number of urea groups is 1. The summed E-state index contributed by atoms with van der Waals surface area (Å²) in [6, 6.07) is 23.1. The summed E-state index contributed by atoms with van der Waals surface area (Å²) in [5.41, 5.74) is 3.91. The third-order valence-corrected chi connectivity index (χ3v) is 5.31. The number of rotatable bonds is 7. The van der Waals surface area contributed by atoms with Crippen molar-refractivity contribution in [2.45, 2.75) is 5.92 Å². The largest absolute Gasteiger partial charge is 0.493 e. The molecule has 1 aromatic heterocycles. The summed E-state index contributed by atoms with van der Waals surface area (Å²) in [6.45, 7) is 0.413. The normalized spacial score (nSPS) is 11.7. The van der Waals surface area contributed by atoms with E-state index in [1.807, 2.05) is 72.9 Å². The number of anilines is 1. The lowest BCUT2D eigenvalue weighted by Crippen LogP contribution is -2.32. The Bertz CT molecular complexity index is 1170. The summed E-state index contributed by atoms with van der Waals surface area (Å²) < 4.78 is 10.9. The van der Waals surface area contributed by atoms with Crippen LogP contribution in [-0.2, 0) is 0 Å². The molecule has 158 valence electrons. The maximum absolute atomic E-state index is 12.5. The van der Waals surface area contributed by atoms with E-state index < -0.39 is 0 Å². The average molecular weight is 415 g/mol. The Balaban J connectivity index is 1.64. The van der Waals surface area contributed by atoms with Crippen molar-refractivity contribution in [2.24, 2.45) is 0 Å². The van der Waals surface area contributed by atoms with Crippen LogP contribution in [0.15, 0.2) is 79.0 Å². The van der Waals surface area contributed by atoms with E-state index in [0.29, 0.717) is 18.0 Å². The Morgan fingerprint density at radius 2 is 1.68 bits per heavy atom. The summed E-state index contributed by atoms with van der Waals surface area (Å²) in [4.78, 5) is 15.9. The van der Waals surface area contributed by atoms with Crippen LogP contribution in [0.2, 0.25) is 0 Å². The number of carbonyl (C=O) groups is 1. The van der Waals surface area contributed by atoms with Gasteiger partial charge in [0, 0.05) is 35.2 Å². The molecule has 0 unspecified atom stereocenters. The van der Waals surface area contributed by atoms with Gasteiger partial charge in [-0.2, -0.15) is 0 Å². The fourth-order valence-electron chi connectivity index (χ4n) is 3.75. The summed E-state index contributed by atoms with van der Waals surface area (Å²) in [7, 11) is 3.23. The first-order valence-electron chi connectivity index (χ1n) is 10.1. The standard InChI is InChI=1S/C25H25N3O3/c1-30-23-13-12-17(14-24(23)31-2)20(21-16-26-22-11-7-6-10-19(21)22)15-27-25(29)28-18-8-4-3-5-9-18/h3-14,16,20,26H,15H2,1-2H3,(H2,27,28,29)/t20-/m1/s1. The summed E-state index contributed by atoms with van der Waals surface area (Å²) in [6.07, 6.45) is 2.00. The van der Waals surface area contributed by atoms with Gasteiger partial charge in [0.1, 0.15) is 0 Å². The van der Waals surface area contributed by atoms with Gasteiger partial charge in [0.15, 0.2) is 11.5 Å². The molecule has 4 rings (SSSR count). The van der Waals surface area contributed by atoms with E-state index in [4.69, 9.17) is 9.47 Å². The molecule has 31 heavy (non-hydrogen) atoms. The van der Waals surface area contributed by atoms with Crippen molar-refractivity contribution < 1.29 is 14.3 Å². The van der Waals surface area contributed by atoms with Crippen molar-refractivity contribution in [3.8, 4) is 11.5 Å². The Labute approximate surface area is 181 Å². The van der Waals surface area contributed by atoms with E-state index in [0.717, 1.165) is 27.7 Å². The minimum absolute atomic E-state index is 0.0857. The molecule has 2 amide bonds. The zero-order valence-electron chi connectivity index (χ0n) is 17.5. The predicted octanol–water partition coefficient (Wildman–Crippen LogP) is 5.14. The highest BCUT2D eigenvalue weighted by molar-refractivity contribution is 5.89. The van der Waals surface area contributed by atoms with Crippen LogP contribution in [0.5, 0.6) is 11.5 Å². The smallest absolute Gasteiger partial charge is 0.319 e. The van der Waals surface area contributed by atoms with Crippen molar-refractivity contribution in [1.82, 2.24) is 10.3 Å². The minimum Gasteiger partial charge on any atom is -0.493 e. The molecule has 0 saturated heterocycles. The number of benzene rings is 3. The first-order chi connectivity index (χ1) is 15.2. The number of H-pyrrole nitrogens is 1. The number of methoxy groups -OCH3 is 2. The molecule has 4 aromatic rings. The van der Waals surface area contributed by atoms with Gasteiger partial charge in [-0.05, 0) is 41.5 Å². The summed E-state index contributed by atoms with van der Waals surface area (Å²) in [5.74, 6) is 1.23. The van der Waals surface area contributed by atoms with Crippen molar-refractivity contribution in [3.63, 3.8) is 0 Å². The fraction of sp³-hybridized carbons (Fsp3) is 0.160. The Hall–Kier alpha value is -3.93. The van der Waals surface area contributed by atoms with Gasteiger partial charge in [0.25, 0.3) is 0 Å². The van der Waals surface area contributed by atoms with Crippen molar-refractivity contribution in [3.05, 3.63) is 90.1 Å². The zero-order chi connectivity index (χ0) is 21.6. The Kier molecular flexibility index (Phi) is 6.08. The SMILES string of the molecule is COc1ccc([C@@H](CNC(=O)Nc2ccccc2)c2c[nH]c3ccccc23)cc1OC. The molecule has 1 atom stereocenters. The molecule has 0 fully saturated rings. The van der Waals surface area contributed by atoms with Crippen LogP contribution in [0.3, 0.4) is 0 Å². The number of nitrogens with one attached hydrogen (secondary N) is 3. The number of carbonyl (C=O) groups excluding carboxylic acids is 1. The van der Waals surface area contributed by atoms with E-state index in [1.54, 1.807) is 14.2 Å². The van der Waals surface area contributed by atoms with Gasteiger partial charge < -0.3 is 25.1 Å². The molecule has 3 N–H and O–H groups in total. The highest BCUT2D eigenvalue weighted by atomic mass is 16.5. The Morgan fingerprint density at radius 3 is 2.45 bits per heavy atom. The number of hydrogen-bond donors (Lipinski definition) is 3. The van der Waals surface area contributed by atoms with Gasteiger partial charge >= 0.3 is 6.03 Å². The molecule has 3 aromatic carbocycles. The number of amides is 2. The number of ether oxygens (including phenoxy) is 2. The van der Waals surface area contributed by atoms with Gasteiger partial charge in [-0.25, -0.2) is 4.79 Å². The first-order valence-corrected chi connectivity index (χ1v) is 10.1. The van der Waals surface area contributed by atoms with Gasteiger partial charge in [0.2, 0.25) is 0 Å². The highest BCUT2D eigenvalue weighted by Gasteiger charge is 2.21. The van der Waals surface area contributed by atoms with Crippen LogP contribution in [-0.4, -0.2) is 31.8 Å². The molecular weight excluding hydrogens is 390 g/mol. The van der Waals surface area contributed by atoms with Crippen molar-refractivity contribution in [1.29, 1.82) is 0 Å². The number of aromatic amines is 1. The number of para-hydroxylation sites is 2. The van der Waals surface area contributed by atoms with Crippen LogP contribution < -0.4 is 20.1 Å². The van der Waals surface area contributed by atoms with Gasteiger partial charge in [-0.1, -0.05) is 42.5 Å². The summed E-state index contributed by atoms with van der Waals surface area (Å²) >= 11 is 0. The number of fused-ring (bicyclic) bond motifs is 1. The van der Waals surface area contributed by atoms with E-state index in [1.165, 1.54) is 0 Å². The lowest BCUT2D eigenvalue weighted by molar-refractivity contribution is 0.252. The monoisotopic (exact) mass is 415 g/mol. The van der Waals surface area contributed by atoms with Crippen LogP contribution >= 0.6 is 0 Å². The second-order valence-electron chi connectivity index (χ2n) is 7.16. The van der Waals surface area contributed by atoms with Crippen LogP contribution in [0, 0.1) is 0 Å². The molecule has 1 heterocycles. The third-order valence-electron chi connectivity index (χ3n) is 5.31. The molecule has 0 radical (unpaired) electrons. The molecule has 6 nitrogen and oxygen atoms in total. The molecule has 0 spiro atoms. The second kappa shape index (κ2) is 9.26. The van der Waals surface area contributed by atoms with Gasteiger partial charge in [-0.3, -0.25) is 0 Å². The maximum atomic E-state index is 12.5. The Morgan fingerprint density at radius 1 is 0.935 bits per heavy atom. The predicted molar refractivity (Wildman–Crippen MR) is 123 cm³/mol. The molecule has 0 aliphatic rings. The molecule has 0 aliphatic heterocycles. The topological polar surface area (TPSA) is 75.4 Å². The van der Waals surface area contributed by atoms with Gasteiger partial charge in [-0.15, -0.1) is 0 Å². The number of hydrogen-bond acceptors (Lipinski definition) is 3. The van der Waals surface area contributed by atoms with Crippen molar-refractivity contribution in [2.75, 3.05) is 26.1 Å². The summed E-state index contributed by atoms with van der Waals surface area (Å²) in [5, 5.41) is 7.00. The van der Waals surface area contributed by atoms with Crippen LogP contribution in [0.4, 0.5) is 10.5 Å². The molecule has 0 bridgehead atoms. The molecule has 6 heteroatoms. The zero-order valence-corrected chi connectivity index (χ0v) is 17.5. The molecule has 0 aliphatic carbocycles. The first kappa shape index (κ1) is 20.3. The van der Waals surface area contributed by atoms with Crippen molar-refractivity contribution >= 4 is 22.6 Å². The maximum Gasteiger partial charge on any atom is 0.319 e. The van der Waals surface area contributed by atoms with E-state index >= 15 is 0 Å². The van der Waals surface area contributed by atoms with Gasteiger partial charge in [0.05, 0.1) is 14.2 Å². The van der Waals surface area contributed by atoms with Crippen LogP contribution in [0.25, 0.3) is 10.9 Å². The lowest BCUT2D eigenvalue weighted by Gasteiger charge is -2.20. The molecule has 0 saturated carbocycles. The second-order valence-corrected chi connectivity index (χ2v) is 7.16. The quantitative estimate of drug-likeness (QED) is 0.391. The minimum atomic E-state index is -0.253. The number of aromatic nitrogens is 1. The molecular formula is C25H25N3O3. The van der Waals surface area contributed by atoms with E-state index in [-0.39, 0.29) is 11.9 Å². The van der Waals surface area contributed by atoms with Crippen LogP contribution in [0.1, 0.15) is 17.0 Å². The van der Waals surface area contributed by atoms with E-state index in [9.17, 15) is 4.79 Å². The lowest BCUT2D eigenvalue weighted by atomic mass is 9.90.